The fourth-order valence-corrected chi connectivity index (χ4v) is 3.68. The molecular formula is C19H24N2O5S. The van der Waals surface area contributed by atoms with E-state index in [2.05, 4.69) is 0 Å². The third-order valence-electron chi connectivity index (χ3n) is 3.66. The molecule has 1 heterocycles. The summed E-state index contributed by atoms with van der Waals surface area (Å²) in [6.45, 7) is 6.72. The van der Waals surface area contributed by atoms with Gasteiger partial charge in [-0.25, -0.2) is 17.2 Å². The molecule has 146 valence electrons. The van der Waals surface area contributed by atoms with Crippen molar-refractivity contribution in [2.45, 2.75) is 38.2 Å². The molecule has 7 nitrogen and oxygen atoms in total. The summed E-state index contributed by atoms with van der Waals surface area (Å²) in [5, 5.41) is 0. The number of nitrogens with zero attached hydrogens (tertiary/aromatic N) is 2. The van der Waals surface area contributed by atoms with Crippen LogP contribution in [0.2, 0.25) is 0 Å². The molecule has 0 aliphatic carbocycles. The van der Waals surface area contributed by atoms with Crippen LogP contribution in [0.5, 0.6) is 0 Å². The second-order valence-corrected chi connectivity index (χ2v) is 9.08. The standard InChI is InChI=1S/C19H24N2O5S/c1-14-8-10-15(11-9-14)27(24,25)21-12-6-7-16(21)17(22)13-20(5)18(23)26-19(2,3)4/h6-12H,13H2,1-5H3. The molecule has 0 atom stereocenters. The Morgan fingerprint density at radius 3 is 2.26 bits per heavy atom. The SMILES string of the molecule is Cc1ccc(S(=O)(=O)n2cccc2C(=O)CN(C)C(=O)OC(C)(C)C)cc1. The topological polar surface area (TPSA) is 85.7 Å². The number of amides is 1. The van der Waals surface area contributed by atoms with Crippen molar-refractivity contribution in [3.05, 3.63) is 53.9 Å². The van der Waals surface area contributed by atoms with Gasteiger partial charge in [0.05, 0.1) is 11.4 Å². The lowest BCUT2D eigenvalue weighted by molar-refractivity contribution is 0.0294. The molecule has 0 radical (unpaired) electrons. The fourth-order valence-electron chi connectivity index (χ4n) is 2.32. The first-order valence-electron chi connectivity index (χ1n) is 8.39. The Hall–Kier alpha value is -2.61. The normalized spacial score (nSPS) is 11.9. The van der Waals surface area contributed by atoms with Crippen LogP contribution in [0.4, 0.5) is 4.79 Å². The number of ketones is 1. The van der Waals surface area contributed by atoms with Gasteiger partial charge in [0.1, 0.15) is 11.3 Å². The number of Topliss-reactive ketones (excluding diaryl/α,β-unsaturated/α-hetero) is 1. The van der Waals surface area contributed by atoms with E-state index >= 15 is 0 Å². The van der Waals surface area contributed by atoms with Crippen molar-refractivity contribution < 1.29 is 22.7 Å². The predicted octanol–water partition coefficient (Wildman–Crippen LogP) is 3.08. The first-order valence-corrected chi connectivity index (χ1v) is 9.83. The minimum Gasteiger partial charge on any atom is -0.444 e. The van der Waals surface area contributed by atoms with E-state index in [0.717, 1.165) is 14.4 Å². The Labute approximate surface area is 159 Å². The molecule has 1 amide bonds. The lowest BCUT2D eigenvalue weighted by Gasteiger charge is -2.24. The van der Waals surface area contributed by atoms with Crippen LogP contribution in [-0.4, -0.2) is 48.4 Å². The number of rotatable bonds is 5. The van der Waals surface area contributed by atoms with Crippen LogP contribution < -0.4 is 0 Å². The van der Waals surface area contributed by atoms with Crippen LogP contribution in [0.25, 0.3) is 0 Å². The van der Waals surface area contributed by atoms with E-state index in [9.17, 15) is 18.0 Å². The van der Waals surface area contributed by atoms with Crippen molar-refractivity contribution in [1.82, 2.24) is 8.87 Å². The average molecular weight is 392 g/mol. The molecule has 0 spiro atoms. The van der Waals surface area contributed by atoms with Crippen molar-refractivity contribution in [2.24, 2.45) is 0 Å². The van der Waals surface area contributed by atoms with Gasteiger partial charge in [-0.15, -0.1) is 0 Å². The van der Waals surface area contributed by atoms with Gasteiger partial charge >= 0.3 is 6.09 Å². The summed E-state index contributed by atoms with van der Waals surface area (Å²) < 4.78 is 31.8. The van der Waals surface area contributed by atoms with Gasteiger partial charge in [-0.2, -0.15) is 0 Å². The zero-order chi connectivity index (χ0) is 20.4. The van der Waals surface area contributed by atoms with Crippen LogP contribution in [0.1, 0.15) is 36.8 Å². The second kappa shape index (κ2) is 7.56. The number of hydrogen-bond acceptors (Lipinski definition) is 5. The van der Waals surface area contributed by atoms with Crippen molar-refractivity contribution in [3.8, 4) is 0 Å². The predicted molar refractivity (Wildman–Crippen MR) is 101 cm³/mol. The quantitative estimate of drug-likeness (QED) is 0.730. The Morgan fingerprint density at radius 1 is 1.11 bits per heavy atom. The van der Waals surface area contributed by atoms with E-state index in [-0.39, 0.29) is 17.1 Å². The number of aryl methyl sites for hydroxylation is 1. The lowest BCUT2D eigenvalue weighted by Crippen LogP contribution is -2.37. The van der Waals surface area contributed by atoms with Crippen LogP contribution in [0, 0.1) is 6.92 Å². The van der Waals surface area contributed by atoms with Gasteiger partial charge < -0.3 is 9.64 Å². The number of aromatic nitrogens is 1. The summed E-state index contributed by atoms with van der Waals surface area (Å²) in [7, 11) is -2.49. The van der Waals surface area contributed by atoms with Crippen molar-refractivity contribution in [3.63, 3.8) is 0 Å². The molecule has 0 aliphatic heterocycles. The minimum absolute atomic E-state index is 0.0222. The Bertz CT molecular complexity index is 937. The van der Waals surface area contributed by atoms with Gasteiger partial charge in [0.15, 0.2) is 5.78 Å². The number of benzene rings is 1. The molecule has 8 heteroatoms. The molecule has 0 bridgehead atoms. The zero-order valence-corrected chi connectivity index (χ0v) is 16.9. The maximum absolute atomic E-state index is 12.8. The van der Waals surface area contributed by atoms with Gasteiger partial charge in [-0.05, 0) is 52.0 Å². The van der Waals surface area contributed by atoms with Gasteiger partial charge in [0, 0.05) is 13.2 Å². The highest BCUT2D eigenvalue weighted by molar-refractivity contribution is 7.90. The van der Waals surface area contributed by atoms with Crippen LogP contribution in [0.3, 0.4) is 0 Å². The first-order chi connectivity index (χ1) is 12.4. The summed E-state index contributed by atoms with van der Waals surface area (Å²) in [5.74, 6) is -0.510. The van der Waals surface area contributed by atoms with Crippen molar-refractivity contribution >= 4 is 21.9 Å². The molecule has 0 fully saturated rings. The Morgan fingerprint density at radius 2 is 1.70 bits per heavy atom. The van der Waals surface area contributed by atoms with Crippen LogP contribution in [-0.2, 0) is 14.8 Å². The van der Waals surface area contributed by atoms with E-state index < -0.39 is 27.5 Å². The summed E-state index contributed by atoms with van der Waals surface area (Å²) in [6.07, 6.45) is 0.658. The molecule has 2 aromatic rings. The van der Waals surface area contributed by atoms with Gasteiger partial charge in [-0.1, -0.05) is 17.7 Å². The molecule has 0 aliphatic rings. The first kappa shape index (κ1) is 20.7. The van der Waals surface area contributed by atoms with Crippen molar-refractivity contribution in [1.29, 1.82) is 0 Å². The second-order valence-electron chi connectivity index (χ2n) is 7.27. The van der Waals surface area contributed by atoms with Gasteiger partial charge in [-0.3, -0.25) is 4.79 Å². The van der Waals surface area contributed by atoms with Gasteiger partial charge in [0.25, 0.3) is 10.0 Å². The maximum atomic E-state index is 12.8. The molecule has 1 aromatic carbocycles. The summed E-state index contributed by atoms with van der Waals surface area (Å²) >= 11 is 0. The largest absolute Gasteiger partial charge is 0.444 e. The van der Waals surface area contributed by atoms with E-state index in [1.807, 2.05) is 6.92 Å². The number of likely N-dealkylation sites (N-methyl/N-ethyl adjacent to an activating group) is 1. The molecule has 0 unspecified atom stereocenters. The summed E-state index contributed by atoms with van der Waals surface area (Å²) in [5.41, 5.74) is 0.214. The van der Waals surface area contributed by atoms with Crippen LogP contribution in [0.15, 0.2) is 47.5 Å². The zero-order valence-electron chi connectivity index (χ0n) is 16.1. The maximum Gasteiger partial charge on any atom is 0.410 e. The molecule has 0 saturated carbocycles. The Balaban J connectivity index is 2.24. The van der Waals surface area contributed by atoms with Crippen molar-refractivity contribution in [2.75, 3.05) is 13.6 Å². The van der Waals surface area contributed by atoms with E-state index in [1.54, 1.807) is 32.9 Å². The third-order valence-corrected chi connectivity index (χ3v) is 5.37. The Kier molecular flexibility index (Phi) is 5.79. The lowest BCUT2D eigenvalue weighted by atomic mass is 10.2. The number of ether oxygens (including phenoxy) is 1. The number of hydrogen-bond donors (Lipinski definition) is 0. The van der Waals surface area contributed by atoms with E-state index in [4.69, 9.17) is 4.74 Å². The molecule has 27 heavy (non-hydrogen) atoms. The number of carbonyl (C=O) groups excluding carboxylic acids is 2. The summed E-state index contributed by atoms with van der Waals surface area (Å²) in [4.78, 5) is 25.8. The molecule has 2 rings (SSSR count). The highest BCUT2D eigenvalue weighted by atomic mass is 32.2. The molecule has 0 saturated heterocycles. The average Bonchev–Trinajstić information content (AvgIpc) is 3.04. The molecule has 0 N–H and O–H groups in total. The summed E-state index contributed by atoms with van der Waals surface area (Å²) in [6, 6.07) is 9.25. The fraction of sp³-hybridized carbons (Fsp3) is 0.368. The monoisotopic (exact) mass is 392 g/mol. The highest BCUT2D eigenvalue weighted by Crippen LogP contribution is 2.18. The number of carbonyl (C=O) groups is 2. The van der Waals surface area contributed by atoms with E-state index in [1.165, 1.54) is 37.5 Å². The smallest absolute Gasteiger partial charge is 0.410 e. The van der Waals surface area contributed by atoms with E-state index in [0.29, 0.717) is 0 Å². The van der Waals surface area contributed by atoms with Crippen LogP contribution >= 0.6 is 0 Å². The molecule has 1 aromatic heterocycles. The third kappa shape index (κ3) is 4.97. The minimum atomic E-state index is -3.91. The highest BCUT2D eigenvalue weighted by Gasteiger charge is 2.26. The molecular weight excluding hydrogens is 368 g/mol. The van der Waals surface area contributed by atoms with Gasteiger partial charge in [0.2, 0.25) is 0 Å².